The van der Waals surface area contributed by atoms with Gasteiger partial charge in [-0.15, -0.1) is 11.8 Å². The third kappa shape index (κ3) is 4.18. The number of hydrogen-bond donors (Lipinski definition) is 0. The summed E-state index contributed by atoms with van der Waals surface area (Å²) in [7, 11) is 0. The molecule has 2 unspecified atom stereocenters. The fourth-order valence-corrected chi connectivity index (χ4v) is 7.23. The zero-order chi connectivity index (χ0) is 28.5. The fourth-order valence-electron chi connectivity index (χ4n) is 6.03. The Kier molecular flexibility index (Phi) is 6.24. The standard InChI is InChI=1S/C27H21F5N4O3S/c1-2-21(38)36-14-8-16(37)9-15(36)12-34(11-14)25-18-10-19(27(30,31)32)22(17-4-3-13(28)7-20(17)29)24-23(18)35(5-6-40-24)26(39)33-25/h2-4,7,10,14-15H,1,5-6,8-9,11-12H2. The Morgan fingerprint density at radius 3 is 2.42 bits per heavy atom. The molecular formula is C27H21F5N4O3S. The number of Topliss-reactive ketones (excluding diaryl/α,β-unsaturated/α-hetero) is 1. The van der Waals surface area contributed by atoms with Crippen molar-refractivity contribution in [2.24, 2.45) is 0 Å². The molecule has 3 aliphatic rings. The number of hydrogen-bond acceptors (Lipinski definition) is 6. The topological polar surface area (TPSA) is 75.5 Å². The van der Waals surface area contributed by atoms with Gasteiger partial charge in [-0.25, -0.2) is 13.6 Å². The summed E-state index contributed by atoms with van der Waals surface area (Å²) in [6, 6.07) is 2.10. The molecule has 2 fully saturated rings. The first-order chi connectivity index (χ1) is 19.0. The van der Waals surface area contributed by atoms with Gasteiger partial charge in [0.25, 0.3) is 0 Å². The van der Waals surface area contributed by atoms with Crippen LogP contribution in [-0.4, -0.2) is 57.1 Å². The number of amides is 1. The molecule has 2 bridgehead atoms. The third-order valence-corrected chi connectivity index (χ3v) is 8.64. The van der Waals surface area contributed by atoms with Crippen molar-refractivity contribution in [2.45, 2.75) is 42.5 Å². The number of anilines is 1. The molecule has 3 aliphatic heterocycles. The molecule has 40 heavy (non-hydrogen) atoms. The Hall–Kier alpha value is -3.74. The van der Waals surface area contributed by atoms with Crippen LogP contribution in [-0.2, 0) is 22.3 Å². The van der Waals surface area contributed by atoms with Crippen LogP contribution < -0.4 is 10.6 Å². The second-order valence-corrected chi connectivity index (χ2v) is 11.1. The van der Waals surface area contributed by atoms with Crippen LogP contribution in [0.15, 0.2) is 46.6 Å². The maximum Gasteiger partial charge on any atom is 0.417 e. The molecule has 1 amide bonds. The number of aromatic nitrogens is 2. The van der Waals surface area contributed by atoms with Gasteiger partial charge in [-0.3, -0.25) is 14.2 Å². The van der Waals surface area contributed by atoms with Gasteiger partial charge in [-0.1, -0.05) is 6.58 Å². The van der Waals surface area contributed by atoms with Crippen molar-refractivity contribution in [1.29, 1.82) is 0 Å². The minimum atomic E-state index is -4.92. The number of ketones is 1. The normalized spacial score (nSPS) is 20.7. The first-order valence-electron chi connectivity index (χ1n) is 12.5. The molecule has 2 saturated heterocycles. The highest BCUT2D eigenvalue weighted by Crippen LogP contribution is 2.49. The lowest BCUT2D eigenvalue weighted by atomic mass is 9.89. The predicted molar refractivity (Wildman–Crippen MR) is 138 cm³/mol. The quantitative estimate of drug-likeness (QED) is 0.340. The Morgan fingerprint density at radius 2 is 1.80 bits per heavy atom. The van der Waals surface area contributed by atoms with Crippen molar-refractivity contribution < 1.29 is 31.5 Å². The number of nitrogens with zero attached hydrogens (tertiary/aromatic N) is 4. The monoisotopic (exact) mass is 576 g/mol. The lowest BCUT2D eigenvalue weighted by Gasteiger charge is -2.49. The summed E-state index contributed by atoms with van der Waals surface area (Å²) in [6.07, 6.45) is -3.65. The van der Waals surface area contributed by atoms with Gasteiger partial charge in [0, 0.05) is 65.7 Å². The van der Waals surface area contributed by atoms with Crippen molar-refractivity contribution in [2.75, 3.05) is 23.7 Å². The number of carbonyl (C=O) groups is 2. The highest BCUT2D eigenvalue weighted by Gasteiger charge is 2.44. The largest absolute Gasteiger partial charge is 0.417 e. The van der Waals surface area contributed by atoms with Crippen LogP contribution in [0.2, 0.25) is 0 Å². The zero-order valence-corrected chi connectivity index (χ0v) is 21.6. The van der Waals surface area contributed by atoms with Gasteiger partial charge >= 0.3 is 11.9 Å². The molecule has 0 spiro atoms. The Morgan fingerprint density at radius 1 is 1.10 bits per heavy atom. The number of alkyl halides is 3. The zero-order valence-electron chi connectivity index (χ0n) is 20.8. The van der Waals surface area contributed by atoms with Crippen molar-refractivity contribution in [3.8, 4) is 11.1 Å². The fraction of sp³-hybridized carbons (Fsp3) is 0.333. The van der Waals surface area contributed by atoms with Gasteiger partial charge in [0.15, 0.2) is 0 Å². The number of halogens is 5. The van der Waals surface area contributed by atoms with E-state index in [0.29, 0.717) is 6.07 Å². The van der Waals surface area contributed by atoms with E-state index >= 15 is 0 Å². The van der Waals surface area contributed by atoms with Crippen molar-refractivity contribution in [3.63, 3.8) is 0 Å². The summed E-state index contributed by atoms with van der Waals surface area (Å²) in [5.41, 5.74) is -2.53. The number of carbonyl (C=O) groups excluding carboxylic acids is 2. The van der Waals surface area contributed by atoms with Gasteiger partial charge in [0.2, 0.25) is 5.91 Å². The summed E-state index contributed by atoms with van der Waals surface area (Å²) < 4.78 is 73.6. The molecule has 4 heterocycles. The number of aryl methyl sites for hydroxylation is 1. The molecule has 1 aromatic heterocycles. The second-order valence-electron chi connectivity index (χ2n) is 9.97. The van der Waals surface area contributed by atoms with Crippen molar-refractivity contribution >= 4 is 40.2 Å². The maximum absolute atomic E-state index is 14.9. The van der Waals surface area contributed by atoms with E-state index in [0.717, 1.165) is 36.0 Å². The summed E-state index contributed by atoms with van der Waals surface area (Å²) in [6.45, 7) is 3.85. The predicted octanol–water partition coefficient (Wildman–Crippen LogP) is 4.40. The molecule has 7 nitrogen and oxygen atoms in total. The van der Waals surface area contributed by atoms with Crippen LogP contribution in [0.25, 0.3) is 22.0 Å². The van der Waals surface area contributed by atoms with Crippen LogP contribution >= 0.6 is 11.8 Å². The van der Waals surface area contributed by atoms with Crippen LogP contribution in [0.1, 0.15) is 18.4 Å². The molecule has 2 aromatic carbocycles. The molecule has 6 rings (SSSR count). The molecule has 0 radical (unpaired) electrons. The maximum atomic E-state index is 14.9. The van der Waals surface area contributed by atoms with E-state index in [2.05, 4.69) is 11.6 Å². The van der Waals surface area contributed by atoms with Gasteiger partial charge < -0.3 is 9.80 Å². The van der Waals surface area contributed by atoms with E-state index < -0.39 is 52.3 Å². The highest BCUT2D eigenvalue weighted by molar-refractivity contribution is 7.99. The number of rotatable bonds is 3. The average Bonchev–Trinajstić information content (AvgIpc) is 2.88. The molecule has 208 valence electrons. The van der Waals surface area contributed by atoms with Crippen LogP contribution in [0, 0.1) is 11.6 Å². The number of piperazine rings is 1. The molecule has 0 N–H and O–H groups in total. The highest BCUT2D eigenvalue weighted by atomic mass is 32.2. The number of fused-ring (bicyclic) bond motifs is 2. The van der Waals surface area contributed by atoms with Crippen molar-refractivity contribution in [1.82, 2.24) is 14.5 Å². The van der Waals surface area contributed by atoms with Gasteiger partial charge in [0.05, 0.1) is 23.2 Å². The Balaban J connectivity index is 1.60. The minimum Gasteiger partial charge on any atom is -0.352 e. The van der Waals surface area contributed by atoms with Crippen LogP contribution in [0.4, 0.5) is 27.8 Å². The van der Waals surface area contributed by atoms with E-state index in [9.17, 15) is 36.3 Å². The van der Waals surface area contributed by atoms with Gasteiger partial charge in [0.1, 0.15) is 23.2 Å². The van der Waals surface area contributed by atoms with E-state index in [1.165, 1.54) is 4.57 Å². The number of benzene rings is 2. The Labute approximate surface area is 228 Å². The average molecular weight is 577 g/mol. The molecule has 0 saturated carbocycles. The summed E-state index contributed by atoms with van der Waals surface area (Å²) in [5.74, 6) is -2.22. The smallest absolute Gasteiger partial charge is 0.352 e. The van der Waals surface area contributed by atoms with E-state index in [-0.39, 0.29) is 71.5 Å². The molecule has 3 aromatic rings. The summed E-state index contributed by atoms with van der Waals surface area (Å²) in [5, 5.41) is 0.0493. The molecular weight excluding hydrogens is 555 g/mol. The second kappa shape index (κ2) is 9.43. The van der Waals surface area contributed by atoms with Gasteiger partial charge in [-0.2, -0.15) is 18.2 Å². The lowest BCUT2D eigenvalue weighted by Crippen LogP contribution is -2.64. The van der Waals surface area contributed by atoms with Crippen molar-refractivity contribution in [3.05, 3.63) is 64.6 Å². The Bertz CT molecular complexity index is 1650. The number of piperidine rings is 1. The molecule has 0 aliphatic carbocycles. The first-order valence-corrected chi connectivity index (χ1v) is 13.4. The molecule has 2 atom stereocenters. The van der Waals surface area contributed by atoms with E-state index in [4.69, 9.17) is 0 Å². The molecule has 13 heteroatoms. The summed E-state index contributed by atoms with van der Waals surface area (Å²) in [4.78, 5) is 45.5. The van der Waals surface area contributed by atoms with E-state index in [1.54, 1.807) is 9.80 Å². The lowest BCUT2D eigenvalue weighted by molar-refractivity contribution is -0.139. The number of thioether (sulfide) groups is 1. The van der Waals surface area contributed by atoms with E-state index in [1.807, 2.05) is 0 Å². The third-order valence-electron chi connectivity index (χ3n) is 7.57. The first kappa shape index (κ1) is 26.5. The SMILES string of the molecule is C=CC(=O)N1C2CC(=O)CC1CN(c1nc(=O)n3c4c(c(-c5ccc(F)cc5F)c(C(F)(F)F)cc14)SCC3)C2. The summed E-state index contributed by atoms with van der Waals surface area (Å²) >= 11 is 1.06. The minimum absolute atomic E-state index is 0.00618. The van der Waals surface area contributed by atoms with Crippen LogP contribution in [0.3, 0.4) is 0 Å². The van der Waals surface area contributed by atoms with Gasteiger partial charge in [-0.05, 0) is 24.3 Å². The van der Waals surface area contributed by atoms with Crippen LogP contribution in [0.5, 0.6) is 0 Å².